The molecular weight excluding hydrogens is 370 g/mol. The maximum atomic E-state index is 12.3. The Balaban J connectivity index is 2.12. The van der Waals surface area contributed by atoms with Crippen LogP contribution in [0.15, 0.2) is 29.2 Å². The van der Waals surface area contributed by atoms with Gasteiger partial charge in [-0.05, 0) is 11.6 Å². The third kappa shape index (κ3) is 4.84. The Morgan fingerprint density at radius 1 is 1.44 bits per heavy atom. The van der Waals surface area contributed by atoms with Gasteiger partial charge in [0.1, 0.15) is 17.4 Å². The quantitative estimate of drug-likeness (QED) is 0.323. The fourth-order valence-corrected chi connectivity index (χ4v) is 3.14. The molecule has 0 aromatic heterocycles. The maximum absolute atomic E-state index is 12.3. The lowest BCUT2D eigenvalue weighted by molar-refractivity contribution is -0.384. The molecule has 0 radical (unpaired) electrons. The lowest BCUT2D eigenvalue weighted by Gasteiger charge is -2.13. The maximum Gasteiger partial charge on any atom is 0.322 e. The van der Waals surface area contributed by atoms with E-state index >= 15 is 0 Å². The minimum Gasteiger partial charge on any atom is -0.480 e. The highest BCUT2D eigenvalue weighted by molar-refractivity contribution is 8.26. The van der Waals surface area contributed by atoms with Crippen molar-refractivity contribution in [1.29, 1.82) is 0 Å². The molecule has 25 heavy (non-hydrogen) atoms. The summed E-state index contributed by atoms with van der Waals surface area (Å²) in [5.74, 6) is -2.38. The Hall–Kier alpha value is -2.79. The lowest BCUT2D eigenvalue weighted by atomic mass is 10.2. The van der Waals surface area contributed by atoms with E-state index in [1.807, 2.05) is 0 Å². The first-order valence-electron chi connectivity index (χ1n) is 6.76. The SMILES string of the molecule is O=C(O)CNC(=O)CN1C(=O)/C(=C/c2cccc([N+](=O)[O-])c2)SC1=S. The molecule has 1 heterocycles. The number of benzene rings is 1. The number of rotatable bonds is 6. The van der Waals surface area contributed by atoms with Crippen LogP contribution in [0.4, 0.5) is 5.69 Å². The summed E-state index contributed by atoms with van der Waals surface area (Å²) in [4.78, 5) is 45.9. The molecule has 2 rings (SSSR count). The summed E-state index contributed by atoms with van der Waals surface area (Å²) >= 11 is 6.01. The fourth-order valence-electron chi connectivity index (χ4n) is 1.89. The smallest absolute Gasteiger partial charge is 0.322 e. The molecule has 0 aliphatic carbocycles. The Bertz CT molecular complexity index is 808. The number of nitro groups is 1. The standard InChI is InChI=1S/C14H11N3O6S2/c18-11(15-6-12(19)20)7-16-13(21)10(25-14(16)24)5-8-2-1-3-9(4-8)17(22)23/h1-5H,6-7H2,(H,15,18)(H,19,20)/b10-5-. The van der Waals surface area contributed by atoms with Crippen LogP contribution in [-0.2, 0) is 14.4 Å². The van der Waals surface area contributed by atoms with E-state index in [-0.39, 0.29) is 14.9 Å². The van der Waals surface area contributed by atoms with Crippen molar-refractivity contribution in [2.24, 2.45) is 0 Å². The highest BCUT2D eigenvalue weighted by atomic mass is 32.2. The molecule has 0 spiro atoms. The molecule has 0 bridgehead atoms. The third-order valence-corrected chi connectivity index (χ3v) is 4.37. The summed E-state index contributed by atoms with van der Waals surface area (Å²) in [6, 6.07) is 5.73. The van der Waals surface area contributed by atoms with Crippen LogP contribution < -0.4 is 5.32 Å². The van der Waals surface area contributed by atoms with Crippen LogP contribution in [0.5, 0.6) is 0 Å². The number of amides is 2. The molecule has 2 N–H and O–H groups in total. The second kappa shape index (κ2) is 7.85. The summed E-state index contributed by atoms with van der Waals surface area (Å²) in [7, 11) is 0. The number of nitrogens with zero attached hydrogens (tertiary/aromatic N) is 2. The molecule has 1 aromatic rings. The number of carbonyl (C=O) groups is 3. The van der Waals surface area contributed by atoms with Crippen LogP contribution >= 0.6 is 24.0 Å². The van der Waals surface area contributed by atoms with Crippen molar-refractivity contribution in [3.05, 3.63) is 44.8 Å². The highest BCUT2D eigenvalue weighted by Crippen LogP contribution is 2.32. The van der Waals surface area contributed by atoms with Crippen LogP contribution in [0, 0.1) is 10.1 Å². The number of nitrogens with one attached hydrogen (secondary N) is 1. The van der Waals surface area contributed by atoms with Crippen molar-refractivity contribution < 1.29 is 24.4 Å². The molecule has 1 aliphatic rings. The monoisotopic (exact) mass is 381 g/mol. The molecule has 9 nitrogen and oxygen atoms in total. The van der Waals surface area contributed by atoms with Crippen molar-refractivity contribution in [3.8, 4) is 0 Å². The third-order valence-electron chi connectivity index (χ3n) is 2.99. The van der Waals surface area contributed by atoms with Gasteiger partial charge in [-0.15, -0.1) is 0 Å². The number of thiocarbonyl (C=S) groups is 1. The first kappa shape index (κ1) is 18.5. The van der Waals surface area contributed by atoms with Gasteiger partial charge < -0.3 is 10.4 Å². The van der Waals surface area contributed by atoms with Crippen LogP contribution in [0.1, 0.15) is 5.56 Å². The second-order valence-electron chi connectivity index (χ2n) is 4.79. The van der Waals surface area contributed by atoms with E-state index in [9.17, 15) is 24.5 Å². The number of hydrogen-bond donors (Lipinski definition) is 2. The summed E-state index contributed by atoms with van der Waals surface area (Å²) in [6.45, 7) is -0.957. The van der Waals surface area contributed by atoms with Crippen LogP contribution in [0.25, 0.3) is 6.08 Å². The van der Waals surface area contributed by atoms with E-state index in [0.29, 0.717) is 5.56 Å². The van der Waals surface area contributed by atoms with E-state index in [4.69, 9.17) is 17.3 Å². The van der Waals surface area contributed by atoms with E-state index in [2.05, 4.69) is 5.32 Å². The predicted molar refractivity (Wildman–Crippen MR) is 93.6 cm³/mol. The van der Waals surface area contributed by atoms with Gasteiger partial charge >= 0.3 is 5.97 Å². The summed E-state index contributed by atoms with van der Waals surface area (Å²) in [5, 5.41) is 21.4. The zero-order chi connectivity index (χ0) is 18.6. The highest BCUT2D eigenvalue weighted by Gasteiger charge is 2.33. The number of hydrogen-bond acceptors (Lipinski definition) is 7. The summed E-state index contributed by atoms with van der Waals surface area (Å²) in [6.07, 6.45) is 1.45. The van der Waals surface area contributed by atoms with Crippen molar-refractivity contribution in [2.45, 2.75) is 0 Å². The Morgan fingerprint density at radius 3 is 2.80 bits per heavy atom. The van der Waals surface area contributed by atoms with Crippen molar-refractivity contribution in [1.82, 2.24) is 10.2 Å². The predicted octanol–water partition coefficient (Wildman–Crippen LogP) is 0.997. The van der Waals surface area contributed by atoms with Gasteiger partial charge in [0, 0.05) is 12.1 Å². The van der Waals surface area contributed by atoms with Gasteiger partial charge in [-0.2, -0.15) is 0 Å². The zero-order valence-electron chi connectivity index (χ0n) is 12.5. The fraction of sp³-hybridized carbons (Fsp3) is 0.143. The van der Waals surface area contributed by atoms with E-state index in [0.717, 1.165) is 16.7 Å². The Kier molecular flexibility index (Phi) is 5.83. The molecule has 0 atom stereocenters. The molecule has 1 saturated heterocycles. The van der Waals surface area contributed by atoms with Crippen LogP contribution in [0.3, 0.4) is 0 Å². The van der Waals surface area contributed by atoms with Crippen molar-refractivity contribution in [3.63, 3.8) is 0 Å². The largest absolute Gasteiger partial charge is 0.480 e. The first-order chi connectivity index (χ1) is 11.8. The van der Waals surface area contributed by atoms with E-state index in [1.54, 1.807) is 6.07 Å². The first-order valence-corrected chi connectivity index (χ1v) is 7.98. The molecule has 2 amide bonds. The van der Waals surface area contributed by atoms with Gasteiger partial charge in [-0.25, -0.2) is 0 Å². The number of non-ortho nitro benzene ring substituents is 1. The van der Waals surface area contributed by atoms with Gasteiger partial charge in [0.15, 0.2) is 0 Å². The molecule has 1 fully saturated rings. The number of carboxylic acid groups (broad SMARTS) is 1. The van der Waals surface area contributed by atoms with Crippen molar-refractivity contribution >= 4 is 57.8 Å². The van der Waals surface area contributed by atoms with Gasteiger partial charge in [0.2, 0.25) is 5.91 Å². The molecule has 0 unspecified atom stereocenters. The lowest BCUT2D eigenvalue weighted by Crippen LogP contribution is -2.41. The second-order valence-corrected chi connectivity index (χ2v) is 6.47. The van der Waals surface area contributed by atoms with Crippen LogP contribution in [0.2, 0.25) is 0 Å². The zero-order valence-corrected chi connectivity index (χ0v) is 14.1. The van der Waals surface area contributed by atoms with Gasteiger partial charge in [0.25, 0.3) is 11.6 Å². The molecule has 0 saturated carbocycles. The van der Waals surface area contributed by atoms with Gasteiger partial charge in [0.05, 0.1) is 9.83 Å². The number of thioether (sulfide) groups is 1. The number of aliphatic carboxylic acids is 1. The minimum atomic E-state index is -1.20. The number of nitro benzene ring substituents is 1. The molecule has 1 aliphatic heterocycles. The topological polar surface area (TPSA) is 130 Å². The van der Waals surface area contributed by atoms with Crippen LogP contribution in [-0.4, -0.2) is 50.1 Å². The average molecular weight is 381 g/mol. The Labute approximate surface area is 150 Å². The molecule has 11 heteroatoms. The molecule has 130 valence electrons. The van der Waals surface area contributed by atoms with Crippen molar-refractivity contribution in [2.75, 3.05) is 13.1 Å². The van der Waals surface area contributed by atoms with E-state index in [1.165, 1.54) is 24.3 Å². The summed E-state index contributed by atoms with van der Waals surface area (Å²) < 4.78 is 0.146. The normalized spacial score (nSPS) is 15.5. The van der Waals surface area contributed by atoms with E-state index < -0.39 is 35.8 Å². The number of carboxylic acids is 1. The number of carbonyl (C=O) groups excluding carboxylic acids is 2. The van der Waals surface area contributed by atoms with Gasteiger partial charge in [-0.3, -0.25) is 29.4 Å². The summed E-state index contributed by atoms with van der Waals surface area (Å²) in [5.41, 5.74) is 0.335. The minimum absolute atomic E-state index is 0.114. The molecular formula is C14H11N3O6S2. The molecule has 1 aromatic carbocycles. The van der Waals surface area contributed by atoms with Gasteiger partial charge in [-0.1, -0.05) is 36.1 Å². The average Bonchev–Trinajstić information content (AvgIpc) is 2.80. The Morgan fingerprint density at radius 2 is 2.16 bits per heavy atom.